The first-order valence-electron chi connectivity index (χ1n) is 7.44. The molecule has 0 spiro atoms. The second-order valence-electron chi connectivity index (χ2n) is 6.42. The van der Waals surface area contributed by atoms with Crippen LogP contribution in [0.3, 0.4) is 0 Å². The van der Waals surface area contributed by atoms with Crippen molar-refractivity contribution in [2.45, 2.75) is 46.0 Å². The van der Waals surface area contributed by atoms with Gasteiger partial charge in [-0.25, -0.2) is 0 Å². The van der Waals surface area contributed by atoms with E-state index in [1.807, 2.05) is 12.1 Å². The Balaban J connectivity index is 1.65. The van der Waals surface area contributed by atoms with Gasteiger partial charge in [-0.1, -0.05) is 33.1 Å². The van der Waals surface area contributed by atoms with Gasteiger partial charge >= 0.3 is 0 Å². The molecule has 1 aliphatic carbocycles. The molecule has 2 aromatic rings. The molecular formula is C14H22N6. The Hall–Kier alpha value is -1.72. The van der Waals surface area contributed by atoms with E-state index in [1.165, 1.54) is 36.7 Å². The molecule has 0 amide bonds. The van der Waals surface area contributed by atoms with Crippen LogP contribution >= 0.6 is 0 Å². The van der Waals surface area contributed by atoms with Crippen molar-refractivity contribution < 1.29 is 0 Å². The van der Waals surface area contributed by atoms with Crippen LogP contribution in [0.5, 0.6) is 0 Å². The Kier molecular flexibility index (Phi) is 3.54. The van der Waals surface area contributed by atoms with E-state index in [4.69, 9.17) is 0 Å². The predicted octanol–water partition coefficient (Wildman–Crippen LogP) is 2.54. The van der Waals surface area contributed by atoms with Crippen molar-refractivity contribution in [1.82, 2.24) is 25.3 Å². The van der Waals surface area contributed by atoms with Crippen molar-refractivity contribution in [2.75, 3.05) is 11.9 Å². The Morgan fingerprint density at radius 3 is 2.85 bits per heavy atom. The van der Waals surface area contributed by atoms with Crippen LogP contribution in [0.15, 0.2) is 12.1 Å². The molecule has 0 aromatic carbocycles. The maximum atomic E-state index is 4.35. The summed E-state index contributed by atoms with van der Waals surface area (Å²) >= 11 is 0. The number of nitrogens with zero attached hydrogens (tertiary/aromatic N) is 5. The summed E-state index contributed by atoms with van der Waals surface area (Å²) in [4.78, 5) is 0. The van der Waals surface area contributed by atoms with Crippen LogP contribution in [0.2, 0.25) is 0 Å². The van der Waals surface area contributed by atoms with Crippen LogP contribution in [-0.2, 0) is 0 Å². The first-order valence-corrected chi connectivity index (χ1v) is 7.44. The van der Waals surface area contributed by atoms with Crippen molar-refractivity contribution in [3.63, 3.8) is 0 Å². The third-order valence-electron chi connectivity index (χ3n) is 4.51. The average Bonchev–Trinajstić information content (AvgIpc) is 2.94. The molecular weight excluding hydrogens is 252 g/mol. The zero-order valence-corrected chi connectivity index (χ0v) is 12.2. The van der Waals surface area contributed by atoms with Crippen molar-refractivity contribution in [3.05, 3.63) is 12.1 Å². The molecule has 0 aliphatic heterocycles. The summed E-state index contributed by atoms with van der Waals surface area (Å²) in [6.07, 6.45) is 6.87. The third-order valence-corrected chi connectivity index (χ3v) is 4.51. The summed E-state index contributed by atoms with van der Waals surface area (Å²) in [6, 6.07) is 3.81. The second kappa shape index (κ2) is 5.34. The zero-order chi connectivity index (χ0) is 14.0. The topological polar surface area (TPSA) is 68.0 Å². The van der Waals surface area contributed by atoms with Gasteiger partial charge in [-0.05, 0) is 46.7 Å². The Morgan fingerprint density at radius 1 is 1.25 bits per heavy atom. The Bertz CT molecular complexity index is 570. The first kappa shape index (κ1) is 13.3. The molecule has 108 valence electrons. The largest absolute Gasteiger partial charge is 0.368 e. The maximum Gasteiger partial charge on any atom is 0.200 e. The lowest BCUT2D eigenvalue weighted by Gasteiger charge is -2.37. The van der Waals surface area contributed by atoms with Crippen LogP contribution in [0, 0.1) is 11.3 Å². The van der Waals surface area contributed by atoms with Crippen LogP contribution in [0.1, 0.15) is 46.0 Å². The molecule has 1 saturated carbocycles. The standard InChI is InChI=1S/C14H22N6/c1-14(2,11-6-4-3-5-7-11)10-15-12-8-9-13-16-18-19-20(13)17-12/h8-9,11H,3-7,10H2,1-2H3,(H,15,17). The number of tetrazole rings is 1. The number of aromatic nitrogens is 5. The molecule has 6 nitrogen and oxygen atoms in total. The van der Waals surface area contributed by atoms with Gasteiger partial charge in [0.05, 0.1) is 0 Å². The van der Waals surface area contributed by atoms with Gasteiger partial charge in [-0.3, -0.25) is 0 Å². The summed E-state index contributed by atoms with van der Waals surface area (Å²) in [6.45, 7) is 5.63. The van der Waals surface area contributed by atoms with Crippen LogP contribution < -0.4 is 5.32 Å². The van der Waals surface area contributed by atoms with Gasteiger partial charge in [-0.15, -0.1) is 14.8 Å². The monoisotopic (exact) mass is 274 g/mol. The van der Waals surface area contributed by atoms with Gasteiger partial charge in [0, 0.05) is 6.54 Å². The SMILES string of the molecule is CC(C)(CNc1ccc2nnnn2n1)C1CCCCC1. The summed E-state index contributed by atoms with van der Waals surface area (Å²) in [5, 5.41) is 19.1. The quantitative estimate of drug-likeness (QED) is 0.928. The maximum absolute atomic E-state index is 4.35. The molecule has 0 bridgehead atoms. The van der Waals surface area contributed by atoms with E-state index < -0.39 is 0 Å². The number of hydrogen-bond donors (Lipinski definition) is 1. The molecule has 0 unspecified atom stereocenters. The van der Waals surface area contributed by atoms with Crippen molar-refractivity contribution >= 4 is 11.5 Å². The fraction of sp³-hybridized carbons (Fsp3) is 0.714. The van der Waals surface area contributed by atoms with Gasteiger partial charge < -0.3 is 5.32 Å². The van der Waals surface area contributed by atoms with Gasteiger partial charge in [0.1, 0.15) is 5.82 Å². The summed E-state index contributed by atoms with van der Waals surface area (Å²) in [5.74, 6) is 1.63. The van der Waals surface area contributed by atoms with E-state index in [0.717, 1.165) is 18.3 Å². The minimum absolute atomic E-state index is 0.289. The lowest BCUT2D eigenvalue weighted by molar-refractivity contribution is 0.171. The molecule has 6 heteroatoms. The second-order valence-corrected chi connectivity index (χ2v) is 6.42. The molecule has 0 radical (unpaired) electrons. The predicted molar refractivity (Wildman–Crippen MR) is 77.4 cm³/mol. The lowest BCUT2D eigenvalue weighted by Crippen LogP contribution is -2.33. The van der Waals surface area contributed by atoms with E-state index in [9.17, 15) is 0 Å². The van der Waals surface area contributed by atoms with Crippen LogP contribution in [-0.4, -0.2) is 31.8 Å². The van der Waals surface area contributed by atoms with Crippen molar-refractivity contribution in [3.8, 4) is 0 Å². The van der Waals surface area contributed by atoms with Crippen LogP contribution in [0.25, 0.3) is 5.65 Å². The molecule has 1 N–H and O–H groups in total. The van der Waals surface area contributed by atoms with Gasteiger partial charge in [0.25, 0.3) is 0 Å². The first-order chi connectivity index (χ1) is 9.65. The highest BCUT2D eigenvalue weighted by molar-refractivity contribution is 5.42. The fourth-order valence-corrected chi connectivity index (χ4v) is 3.09. The number of hydrogen-bond acceptors (Lipinski definition) is 5. The van der Waals surface area contributed by atoms with E-state index in [2.05, 4.69) is 39.8 Å². The third kappa shape index (κ3) is 2.73. The Morgan fingerprint density at radius 2 is 2.05 bits per heavy atom. The van der Waals surface area contributed by atoms with Gasteiger partial charge in [0.15, 0.2) is 5.65 Å². The highest BCUT2D eigenvalue weighted by Crippen LogP contribution is 2.38. The smallest absolute Gasteiger partial charge is 0.200 e. The van der Waals surface area contributed by atoms with Crippen molar-refractivity contribution in [2.24, 2.45) is 11.3 Å². The molecule has 1 fully saturated rings. The summed E-state index contributed by atoms with van der Waals surface area (Å²) in [5.41, 5.74) is 0.958. The number of anilines is 1. The number of rotatable bonds is 4. The summed E-state index contributed by atoms with van der Waals surface area (Å²) in [7, 11) is 0. The molecule has 3 rings (SSSR count). The minimum Gasteiger partial charge on any atom is -0.368 e. The number of fused-ring (bicyclic) bond motifs is 1. The minimum atomic E-state index is 0.289. The molecule has 0 saturated heterocycles. The molecule has 1 aliphatic rings. The summed E-state index contributed by atoms with van der Waals surface area (Å²) < 4.78 is 1.45. The van der Waals surface area contributed by atoms with Crippen LogP contribution in [0.4, 0.5) is 5.82 Å². The number of nitrogens with one attached hydrogen (secondary N) is 1. The normalized spacial score (nSPS) is 17.5. The van der Waals surface area contributed by atoms with E-state index in [-0.39, 0.29) is 5.41 Å². The lowest BCUT2D eigenvalue weighted by atomic mass is 9.71. The average molecular weight is 274 g/mol. The highest BCUT2D eigenvalue weighted by atomic mass is 15.6. The molecule has 2 heterocycles. The van der Waals surface area contributed by atoms with Crippen molar-refractivity contribution in [1.29, 1.82) is 0 Å². The fourth-order valence-electron chi connectivity index (χ4n) is 3.09. The van der Waals surface area contributed by atoms with E-state index >= 15 is 0 Å². The van der Waals surface area contributed by atoms with E-state index in [0.29, 0.717) is 5.65 Å². The van der Waals surface area contributed by atoms with Gasteiger partial charge in [-0.2, -0.15) is 0 Å². The van der Waals surface area contributed by atoms with Gasteiger partial charge in [0.2, 0.25) is 0 Å². The molecule has 2 aromatic heterocycles. The highest BCUT2D eigenvalue weighted by Gasteiger charge is 2.30. The van der Waals surface area contributed by atoms with E-state index in [1.54, 1.807) is 0 Å². The molecule has 20 heavy (non-hydrogen) atoms. The Labute approximate surface area is 118 Å². The zero-order valence-electron chi connectivity index (χ0n) is 12.2. The molecule has 0 atom stereocenters.